The maximum absolute atomic E-state index is 10.2. The predicted octanol–water partition coefficient (Wildman–Crippen LogP) is 1.99. The lowest BCUT2D eigenvalue weighted by molar-refractivity contribution is -0.00232. The van der Waals surface area contributed by atoms with E-state index in [-0.39, 0.29) is 12.4 Å². The normalized spacial score (nSPS) is 24.9. The number of ether oxygens (including phenoxy) is 3. The molecule has 0 spiro atoms. The van der Waals surface area contributed by atoms with Gasteiger partial charge in [0, 0.05) is 31.3 Å². The average Bonchev–Trinajstić information content (AvgIpc) is 3.21. The molecule has 0 amide bonds. The van der Waals surface area contributed by atoms with E-state index in [0.29, 0.717) is 41.8 Å². The van der Waals surface area contributed by atoms with Gasteiger partial charge in [-0.05, 0) is 12.1 Å². The van der Waals surface area contributed by atoms with E-state index in [1.165, 1.54) is 0 Å². The van der Waals surface area contributed by atoms with Crippen LogP contribution in [-0.2, 0) is 11.2 Å². The van der Waals surface area contributed by atoms with Crippen molar-refractivity contribution < 1.29 is 24.4 Å². The van der Waals surface area contributed by atoms with Gasteiger partial charge in [-0.15, -0.1) is 12.4 Å². The Morgan fingerprint density at radius 1 is 1.27 bits per heavy atom. The number of aliphatic hydroxyl groups excluding tert-OH is 2. The van der Waals surface area contributed by atoms with Crippen LogP contribution >= 0.6 is 24.0 Å². The Morgan fingerprint density at radius 2 is 2.04 bits per heavy atom. The van der Waals surface area contributed by atoms with E-state index in [1.807, 2.05) is 0 Å². The zero-order valence-corrected chi connectivity index (χ0v) is 15.7. The van der Waals surface area contributed by atoms with Crippen LogP contribution in [0, 0.1) is 0 Å². The first kappa shape index (κ1) is 20.8. The third kappa shape index (κ3) is 4.81. The first-order chi connectivity index (χ1) is 12.1. The van der Waals surface area contributed by atoms with Gasteiger partial charge < -0.3 is 29.4 Å². The van der Waals surface area contributed by atoms with Crippen molar-refractivity contribution in [3.05, 3.63) is 41.4 Å². The van der Waals surface area contributed by atoms with Crippen LogP contribution < -0.4 is 9.47 Å². The van der Waals surface area contributed by atoms with Crippen LogP contribution in [0.4, 0.5) is 0 Å². The number of imidazole rings is 1. The second-order valence-electron chi connectivity index (χ2n) is 5.87. The SMILES string of the molecule is COc1ccc(OCC[C@H]2O[C@H](Cc3ncc[nH]3)[C@@H](O)[C@H]2O)c(Cl)c1.Cl. The molecule has 1 aliphatic heterocycles. The minimum Gasteiger partial charge on any atom is -0.497 e. The summed E-state index contributed by atoms with van der Waals surface area (Å²) in [6.45, 7) is 0.300. The molecule has 0 bridgehead atoms. The summed E-state index contributed by atoms with van der Waals surface area (Å²) in [4.78, 5) is 7.07. The molecule has 4 atom stereocenters. The number of benzene rings is 1. The van der Waals surface area contributed by atoms with Crippen LogP contribution in [0.1, 0.15) is 12.2 Å². The molecule has 26 heavy (non-hydrogen) atoms. The van der Waals surface area contributed by atoms with Crippen molar-refractivity contribution in [1.29, 1.82) is 0 Å². The number of hydrogen-bond donors (Lipinski definition) is 3. The van der Waals surface area contributed by atoms with Gasteiger partial charge in [0.25, 0.3) is 0 Å². The Kier molecular flexibility index (Phi) is 7.55. The van der Waals surface area contributed by atoms with Gasteiger partial charge in [-0.3, -0.25) is 0 Å². The quantitative estimate of drug-likeness (QED) is 0.652. The van der Waals surface area contributed by atoms with Gasteiger partial charge in [-0.25, -0.2) is 4.98 Å². The Bertz CT molecular complexity index is 686. The highest BCUT2D eigenvalue weighted by Gasteiger charge is 2.42. The number of nitrogens with zero attached hydrogens (tertiary/aromatic N) is 1. The van der Waals surface area contributed by atoms with Crippen molar-refractivity contribution in [2.75, 3.05) is 13.7 Å². The molecule has 0 saturated carbocycles. The first-order valence-corrected chi connectivity index (χ1v) is 8.42. The highest BCUT2D eigenvalue weighted by Crippen LogP contribution is 2.30. The number of aliphatic hydroxyl groups is 2. The molecular formula is C17H22Cl2N2O5. The van der Waals surface area contributed by atoms with Gasteiger partial charge >= 0.3 is 0 Å². The monoisotopic (exact) mass is 404 g/mol. The Balaban J connectivity index is 0.00000243. The van der Waals surface area contributed by atoms with E-state index >= 15 is 0 Å². The molecule has 1 aromatic heterocycles. The molecular weight excluding hydrogens is 383 g/mol. The number of aromatic amines is 1. The molecule has 2 aromatic rings. The second kappa shape index (κ2) is 9.43. The zero-order valence-electron chi connectivity index (χ0n) is 14.2. The van der Waals surface area contributed by atoms with E-state index in [9.17, 15) is 10.2 Å². The molecule has 2 heterocycles. The second-order valence-corrected chi connectivity index (χ2v) is 6.27. The summed E-state index contributed by atoms with van der Waals surface area (Å²) in [6, 6.07) is 5.15. The Labute approximate surface area is 162 Å². The molecule has 0 radical (unpaired) electrons. The fourth-order valence-electron chi connectivity index (χ4n) is 2.84. The smallest absolute Gasteiger partial charge is 0.138 e. The minimum absolute atomic E-state index is 0. The standard InChI is InChI=1S/C17H21ClN2O5.ClH/c1-23-10-2-3-12(11(18)8-10)24-7-4-13-16(21)17(22)14(25-13)9-15-19-5-6-20-15;/h2-3,5-6,8,13-14,16-17,21-22H,4,7,9H2,1H3,(H,19,20);1H/t13-,14-,16+,17-;/m1./s1. The van der Waals surface area contributed by atoms with Crippen molar-refractivity contribution in [2.24, 2.45) is 0 Å². The lowest BCUT2D eigenvalue weighted by Crippen LogP contribution is -2.33. The molecule has 1 aromatic carbocycles. The summed E-state index contributed by atoms with van der Waals surface area (Å²) in [5.41, 5.74) is 0. The third-order valence-electron chi connectivity index (χ3n) is 4.21. The number of halogens is 2. The summed E-state index contributed by atoms with van der Waals surface area (Å²) < 4.78 is 16.5. The van der Waals surface area contributed by atoms with Crippen molar-refractivity contribution in [3.63, 3.8) is 0 Å². The van der Waals surface area contributed by atoms with Gasteiger partial charge in [0.15, 0.2) is 0 Å². The number of H-pyrrole nitrogens is 1. The van der Waals surface area contributed by atoms with Gasteiger partial charge in [-0.1, -0.05) is 11.6 Å². The lowest BCUT2D eigenvalue weighted by atomic mass is 10.0. The van der Waals surface area contributed by atoms with Crippen LogP contribution in [0.15, 0.2) is 30.6 Å². The maximum atomic E-state index is 10.2. The van der Waals surface area contributed by atoms with E-state index in [4.69, 9.17) is 25.8 Å². The predicted molar refractivity (Wildman–Crippen MR) is 98.3 cm³/mol. The average molecular weight is 405 g/mol. The van der Waals surface area contributed by atoms with Crippen LogP contribution in [0.3, 0.4) is 0 Å². The van der Waals surface area contributed by atoms with Crippen molar-refractivity contribution >= 4 is 24.0 Å². The zero-order chi connectivity index (χ0) is 17.8. The molecule has 0 aliphatic carbocycles. The van der Waals surface area contributed by atoms with Crippen LogP contribution in [0.5, 0.6) is 11.5 Å². The van der Waals surface area contributed by atoms with E-state index in [1.54, 1.807) is 37.7 Å². The molecule has 0 unspecified atom stereocenters. The molecule has 1 saturated heterocycles. The van der Waals surface area contributed by atoms with Gasteiger partial charge in [0.05, 0.1) is 30.9 Å². The molecule has 144 valence electrons. The lowest BCUT2D eigenvalue weighted by Gasteiger charge is -2.15. The molecule has 1 fully saturated rings. The number of nitrogens with one attached hydrogen (secondary N) is 1. The summed E-state index contributed by atoms with van der Waals surface area (Å²) in [5, 5.41) is 20.8. The fraction of sp³-hybridized carbons (Fsp3) is 0.471. The molecule has 7 nitrogen and oxygen atoms in total. The summed E-state index contributed by atoms with van der Waals surface area (Å²) in [7, 11) is 1.56. The van der Waals surface area contributed by atoms with Crippen molar-refractivity contribution in [1.82, 2.24) is 9.97 Å². The number of rotatable bonds is 7. The van der Waals surface area contributed by atoms with Crippen molar-refractivity contribution in [2.45, 2.75) is 37.3 Å². The Morgan fingerprint density at radius 3 is 2.69 bits per heavy atom. The first-order valence-electron chi connectivity index (χ1n) is 8.04. The molecule has 3 rings (SSSR count). The highest BCUT2D eigenvalue weighted by atomic mass is 35.5. The van der Waals surface area contributed by atoms with E-state index in [2.05, 4.69) is 9.97 Å². The van der Waals surface area contributed by atoms with Crippen LogP contribution in [0.25, 0.3) is 0 Å². The largest absolute Gasteiger partial charge is 0.497 e. The van der Waals surface area contributed by atoms with Gasteiger partial charge in [-0.2, -0.15) is 0 Å². The van der Waals surface area contributed by atoms with E-state index < -0.39 is 24.4 Å². The fourth-order valence-corrected chi connectivity index (χ4v) is 3.07. The molecule has 1 aliphatic rings. The topological polar surface area (TPSA) is 96.8 Å². The highest BCUT2D eigenvalue weighted by molar-refractivity contribution is 6.32. The van der Waals surface area contributed by atoms with Gasteiger partial charge in [0.1, 0.15) is 29.5 Å². The molecule has 3 N–H and O–H groups in total. The maximum Gasteiger partial charge on any atom is 0.138 e. The number of aromatic nitrogens is 2. The van der Waals surface area contributed by atoms with Crippen molar-refractivity contribution in [3.8, 4) is 11.5 Å². The van der Waals surface area contributed by atoms with E-state index in [0.717, 1.165) is 0 Å². The van der Waals surface area contributed by atoms with Crippen LogP contribution in [0.2, 0.25) is 5.02 Å². The minimum atomic E-state index is -0.963. The number of methoxy groups -OCH3 is 1. The summed E-state index contributed by atoms with van der Waals surface area (Å²) >= 11 is 6.12. The number of hydrogen-bond acceptors (Lipinski definition) is 6. The third-order valence-corrected chi connectivity index (χ3v) is 4.51. The Hall–Kier alpha value is -1.51. The van der Waals surface area contributed by atoms with Crippen LogP contribution in [-0.4, -0.2) is 58.3 Å². The van der Waals surface area contributed by atoms with Gasteiger partial charge in [0.2, 0.25) is 0 Å². The summed E-state index contributed by atoms with van der Waals surface area (Å²) in [6.07, 6.45) is 1.24. The molecule has 9 heteroatoms. The summed E-state index contributed by atoms with van der Waals surface area (Å²) in [5.74, 6) is 1.89.